The summed E-state index contributed by atoms with van der Waals surface area (Å²) in [5, 5.41) is 7.06. The Morgan fingerprint density at radius 2 is 1.86 bits per heavy atom. The predicted molar refractivity (Wildman–Crippen MR) is 107 cm³/mol. The maximum atomic E-state index is 13.3. The largest absolute Gasteiger partial charge is 0.493 e. The number of methoxy groups -OCH3 is 2. The van der Waals surface area contributed by atoms with Gasteiger partial charge in [-0.05, 0) is 35.4 Å². The van der Waals surface area contributed by atoms with Crippen LogP contribution >= 0.6 is 11.8 Å². The van der Waals surface area contributed by atoms with Gasteiger partial charge in [0.1, 0.15) is 5.82 Å². The molecule has 2 aromatic carbocycles. The third kappa shape index (κ3) is 3.47. The Labute approximate surface area is 166 Å². The third-order valence-electron chi connectivity index (χ3n) is 4.62. The molecule has 0 aliphatic carbocycles. The van der Waals surface area contributed by atoms with Crippen molar-refractivity contribution in [2.24, 2.45) is 10.1 Å². The number of aliphatic imine (C=N–C) groups is 1. The number of rotatable bonds is 4. The number of carbonyl (C=O) groups is 1. The van der Waals surface area contributed by atoms with Gasteiger partial charge in [-0.3, -0.25) is 4.79 Å². The number of thioether (sulfide) groups is 1. The molecule has 2 heterocycles. The number of carbonyl (C=O) groups excluding carboxylic acids is 1. The van der Waals surface area contributed by atoms with Gasteiger partial charge in [-0.15, -0.1) is 0 Å². The van der Waals surface area contributed by atoms with Crippen molar-refractivity contribution in [1.82, 2.24) is 5.01 Å². The molecule has 1 unspecified atom stereocenters. The quantitative estimate of drug-likeness (QED) is 0.786. The fraction of sp³-hybridized carbons (Fsp3) is 0.250. The molecule has 1 amide bonds. The molecule has 0 radical (unpaired) electrons. The molecule has 0 spiro atoms. The summed E-state index contributed by atoms with van der Waals surface area (Å²) >= 11 is 1.37. The van der Waals surface area contributed by atoms with Crippen molar-refractivity contribution in [2.45, 2.75) is 12.5 Å². The molecule has 0 aromatic heterocycles. The van der Waals surface area contributed by atoms with Gasteiger partial charge in [-0.1, -0.05) is 30.0 Å². The molecule has 144 valence electrons. The normalized spacial score (nSPS) is 18.9. The van der Waals surface area contributed by atoms with Crippen LogP contribution in [0.25, 0.3) is 0 Å². The molecule has 2 aliphatic rings. The van der Waals surface area contributed by atoms with Gasteiger partial charge in [-0.2, -0.15) is 10.1 Å². The Bertz CT molecular complexity index is 975. The Hall–Kier alpha value is -2.87. The molecular formula is C20H18FN3O3S. The van der Waals surface area contributed by atoms with E-state index in [0.717, 1.165) is 16.8 Å². The van der Waals surface area contributed by atoms with Crippen LogP contribution < -0.4 is 9.47 Å². The van der Waals surface area contributed by atoms with Gasteiger partial charge in [0.2, 0.25) is 0 Å². The molecule has 0 bridgehead atoms. The van der Waals surface area contributed by atoms with E-state index in [1.807, 2.05) is 18.2 Å². The minimum Gasteiger partial charge on any atom is -0.493 e. The van der Waals surface area contributed by atoms with Crippen molar-refractivity contribution in [3.8, 4) is 11.5 Å². The van der Waals surface area contributed by atoms with Gasteiger partial charge in [-0.25, -0.2) is 9.40 Å². The second-order valence-corrected chi connectivity index (χ2v) is 7.25. The molecule has 0 N–H and O–H groups in total. The Kier molecular flexibility index (Phi) is 5.04. The summed E-state index contributed by atoms with van der Waals surface area (Å²) in [5.74, 6) is 1.10. The highest BCUT2D eigenvalue weighted by Gasteiger charge is 2.35. The highest BCUT2D eigenvalue weighted by atomic mass is 32.2. The van der Waals surface area contributed by atoms with Gasteiger partial charge >= 0.3 is 0 Å². The van der Waals surface area contributed by atoms with E-state index in [9.17, 15) is 9.18 Å². The molecule has 4 rings (SSSR count). The number of hydrazone groups is 1. The molecular weight excluding hydrogens is 381 g/mol. The van der Waals surface area contributed by atoms with Crippen molar-refractivity contribution >= 4 is 28.5 Å². The summed E-state index contributed by atoms with van der Waals surface area (Å²) < 4.78 is 24.0. The zero-order valence-corrected chi connectivity index (χ0v) is 16.2. The van der Waals surface area contributed by atoms with E-state index in [4.69, 9.17) is 14.6 Å². The van der Waals surface area contributed by atoms with Gasteiger partial charge in [0.25, 0.3) is 5.91 Å². The van der Waals surface area contributed by atoms with Crippen LogP contribution in [0.4, 0.5) is 4.39 Å². The number of benzene rings is 2. The van der Waals surface area contributed by atoms with E-state index in [1.165, 1.54) is 23.9 Å². The van der Waals surface area contributed by atoms with Gasteiger partial charge in [0.15, 0.2) is 16.7 Å². The van der Waals surface area contributed by atoms with Crippen LogP contribution in [-0.2, 0) is 4.79 Å². The van der Waals surface area contributed by atoms with Gasteiger partial charge < -0.3 is 9.47 Å². The summed E-state index contributed by atoms with van der Waals surface area (Å²) in [4.78, 5) is 15.8. The maximum absolute atomic E-state index is 13.3. The Morgan fingerprint density at radius 3 is 2.50 bits per heavy atom. The zero-order valence-electron chi connectivity index (χ0n) is 15.4. The first-order valence-electron chi connectivity index (χ1n) is 8.68. The Balaban J connectivity index is 1.72. The third-order valence-corrected chi connectivity index (χ3v) is 5.55. The molecule has 0 saturated heterocycles. The van der Waals surface area contributed by atoms with E-state index >= 15 is 0 Å². The SMILES string of the molecule is COc1ccc(C2CC(c3ccc(F)cc3)=NN2C2=NC(=O)CS2)cc1OC. The second kappa shape index (κ2) is 7.63. The highest BCUT2D eigenvalue weighted by Crippen LogP contribution is 2.39. The number of hydrogen-bond acceptors (Lipinski definition) is 6. The summed E-state index contributed by atoms with van der Waals surface area (Å²) in [6.45, 7) is 0. The van der Waals surface area contributed by atoms with Crippen LogP contribution in [0, 0.1) is 5.82 Å². The van der Waals surface area contributed by atoms with E-state index < -0.39 is 0 Å². The van der Waals surface area contributed by atoms with Crippen molar-refractivity contribution in [1.29, 1.82) is 0 Å². The molecule has 0 fully saturated rings. The lowest BCUT2D eigenvalue weighted by Crippen LogP contribution is -2.23. The fourth-order valence-corrected chi connectivity index (χ4v) is 4.02. The number of halogens is 1. The summed E-state index contributed by atoms with van der Waals surface area (Å²) in [6, 6.07) is 11.8. The monoisotopic (exact) mass is 399 g/mol. The first-order chi connectivity index (χ1) is 13.6. The van der Waals surface area contributed by atoms with Crippen molar-refractivity contribution in [3.63, 3.8) is 0 Å². The summed E-state index contributed by atoms with van der Waals surface area (Å²) in [6.07, 6.45) is 0.592. The lowest BCUT2D eigenvalue weighted by atomic mass is 9.98. The average molecular weight is 399 g/mol. The topological polar surface area (TPSA) is 63.5 Å². The minimum absolute atomic E-state index is 0.156. The van der Waals surface area contributed by atoms with E-state index in [2.05, 4.69) is 4.99 Å². The van der Waals surface area contributed by atoms with Crippen LogP contribution in [0.15, 0.2) is 52.6 Å². The summed E-state index contributed by atoms with van der Waals surface area (Å²) in [5.41, 5.74) is 2.60. The predicted octanol–water partition coefficient (Wildman–Crippen LogP) is 3.62. The van der Waals surface area contributed by atoms with Crippen LogP contribution in [0.5, 0.6) is 11.5 Å². The first kappa shape index (κ1) is 18.5. The van der Waals surface area contributed by atoms with Gasteiger partial charge in [0.05, 0.1) is 31.7 Å². The number of amides is 1. The molecule has 2 aliphatic heterocycles. The molecule has 8 heteroatoms. The summed E-state index contributed by atoms with van der Waals surface area (Å²) in [7, 11) is 3.18. The van der Waals surface area contributed by atoms with E-state index in [-0.39, 0.29) is 17.8 Å². The minimum atomic E-state index is -0.294. The average Bonchev–Trinajstić information content (AvgIpc) is 3.34. The van der Waals surface area contributed by atoms with E-state index in [0.29, 0.717) is 28.8 Å². The number of nitrogens with zero attached hydrogens (tertiary/aromatic N) is 3. The Morgan fingerprint density at radius 1 is 1.11 bits per heavy atom. The number of ether oxygens (including phenoxy) is 2. The van der Waals surface area contributed by atoms with Gasteiger partial charge in [0, 0.05) is 6.42 Å². The lowest BCUT2D eigenvalue weighted by molar-refractivity contribution is -0.115. The lowest BCUT2D eigenvalue weighted by Gasteiger charge is -2.23. The molecule has 0 saturated carbocycles. The number of hydrogen-bond donors (Lipinski definition) is 0. The highest BCUT2D eigenvalue weighted by molar-refractivity contribution is 8.14. The molecule has 1 atom stereocenters. The smallest absolute Gasteiger partial charge is 0.258 e. The van der Waals surface area contributed by atoms with E-state index in [1.54, 1.807) is 31.4 Å². The molecule has 2 aromatic rings. The standard InChI is InChI=1S/C20H18FN3O3S/c1-26-17-8-5-13(9-18(17)27-2)16-10-15(12-3-6-14(21)7-4-12)23-24(16)20-22-19(25)11-28-20/h3-9,16H,10-11H2,1-2H3. The van der Waals surface area contributed by atoms with Crippen molar-refractivity contribution in [2.75, 3.05) is 20.0 Å². The molecule has 28 heavy (non-hydrogen) atoms. The van der Waals surface area contributed by atoms with Crippen LogP contribution in [-0.4, -0.2) is 41.8 Å². The van der Waals surface area contributed by atoms with Crippen LogP contribution in [0.2, 0.25) is 0 Å². The van der Waals surface area contributed by atoms with Crippen LogP contribution in [0.1, 0.15) is 23.6 Å². The molecule has 6 nitrogen and oxygen atoms in total. The van der Waals surface area contributed by atoms with Crippen LogP contribution in [0.3, 0.4) is 0 Å². The van der Waals surface area contributed by atoms with Crippen molar-refractivity contribution in [3.05, 3.63) is 59.4 Å². The number of amidine groups is 1. The van der Waals surface area contributed by atoms with Crippen molar-refractivity contribution < 1.29 is 18.7 Å². The first-order valence-corrected chi connectivity index (χ1v) is 9.66. The maximum Gasteiger partial charge on any atom is 0.258 e. The second-order valence-electron chi connectivity index (χ2n) is 6.31. The zero-order chi connectivity index (χ0) is 19.7. The fourth-order valence-electron chi connectivity index (χ4n) is 3.24.